The topological polar surface area (TPSA) is 88.3 Å². The molecule has 2 fully saturated rings. The highest BCUT2D eigenvalue weighted by molar-refractivity contribution is 5.89. The number of carbonyl (C=O) groups excluding carboxylic acids is 2. The third-order valence-corrected chi connectivity index (χ3v) is 5.33. The van der Waals surface area contributed by atoms with Gasteiger partial charge in [-0.3, -0.25) is 9.59 Å². The van der Waals surface area contributed by atoms with Crippen LogP contribution in [-0.2, 0) is 16.1 Å². The summed E-state index contributed by atoms with van der Waals surface area (Å²) >= 11 is 0. The molecule has 26 heavy (non-hydrogen) atoms. The van der Waals surface area contributed by atoms with E-state index in [4.69, 9.17) is 4.52 Å². The van der Waals surface area contributed by atoms with E-state index in [1.54, 1.807) is 0 Å². The predicted molar refractivity (Wildman–Crippen MR) is 93.7 cm³/mol. The van der Waals surface area contributed by atoms with Crippen LogP contribution < -0.4 is 5.32 Å². The summed E-state index contributed by atoms with van der Waals surface area (Å²) in [5.74, 6) is 0.390. The van der Waals surface area contributed by atoms with Gasteiger partial charge in [-0.15, -0.1) is 0 Å². The number of carbonyl (C=O) groups is 2. The lowest BCUT2D eigenvalue weighted by molar-refractivity contribution is -0.130. The molecule has 2 heterocycles. The molecular formula is C19H22N4O3. The molecule has 2 amide bonds. The summed E-state index contributed by atoms with van der Waals surface area (Å²) < 4.78 is 4.74. The number of likely N-dealkylation sites (tertiary alicyclic amines) is 1. The second kappa shape index (κ2) is 7.27. The van der Waals surface area contributed by atoms with Gasteiger partial charge in [0.05, 0.1) is 5.92 Å². The van der Waals surface area contributed by atoms with Gasteiger partial charge < -0.3 is 14.7 Å². The number of benzene rings is 1. The summed E-state index contributed by atoms with van der Waals surface area (Å²) in [5.41, 5.74) is 1.85. The zero-order valence-corrected chi connectivity index (χ0v) is 14.6. The molecule has 0 spiro atoms. The Kier molecular flexibility index (Phi) is 4.69. The van der Waals surface area contributed by atoms with Gasteiger partial charge in [-0.2, -0.15) is 4.98 Å². The van der Waals surface area contributed by atoms with E-state index in [9.17, 15) is 9.59 Å². The van der Waals surface area contributed by atoms with Crippen molar-refractivity contribution in [2.24, 2.45) is 5.92 Å². The van der Waals surface area contributed by atoms with E-state index in [-0.39, 0.29) is 17.7 Å². The summed E-state index contributed by atoms with van der Waals surface area (Å²) in [7, 11) is 0. The van der Waals surface area contributed by atoms with Crippen molar-refractivity contribution in [1.29, 1.82) is 0 Å². The molecule has 136 valence electrons. The first-order chi connectivity index (χ1) is 12.7. The van der Waals surface area contributed by atoms with Gasteiger partial charge in [0.15, 0.2) is 0 Å². The monoisotopic (exact) mass is 354 g/mol. The van der Waals surface area contributed by atoms with Gasteiger partial charge in [-0.25, -0.2) is 0 Å². The van der Waals surface area contributed by atoms with E-state index >= 15 is 0 Å². The maximum Gasteiger partial charge on any atom is 0.225 e. The molecule has 7 heteroatoms. The van der Waals surface area contributed by atoms with Crippen LogP contribution in [0.1, 0.15) is 37.7 Å². The fourth-order valence-corrected chi connectivity index (χ4v) is 3.88. The summed E-state index contributed by atoms with van der Waals surface area (Å²) in [4.78, 5) is 30.6. The van der Waals surface area contributed by atoms with E-state index < -0.39 is 0 Å². The highest BCUT2D eigenvalue weighted by atomic mass is 16.5. The molecule has 1 aromatic heterocycles. The molecule has 7 nitrogen and oxygen atoms in total. The van der Waals surface area contributed by atoms with Crippen LogP contribution in [-0.4, -0.2) is 39.4 Å². The first-order valence-electron chi connectivity index (χ1n) is 9.13. The molecule has 4 rings (SSSR count). The maximum absolute atomic E-state index is 12.5. The smallest absolute Gasteiger partial charge is 0.225 e. The lowest BCUT2D eigenvalue weighted by Gasteiger charge is -2.23. The van der Waals surface area contributed by atoms with Crippen LogP contribution in [0.3, 0.4) is 0 Å². The average molecular weight is 354 g/mol. The fourth-order valence-electron chi connectivity index (χ4n) is 3.88. The minimum atomic E-state index is -0.235. The zero-order chi connectivity index (χ0) is 17.9. The fraction of sp³-hybridized carbons (Fsp3) is 0.474. The number of hydrogen-bond donors (Lipinski definition) is 1. The van der Waals surface area contributed by atoms with E-state index in [2.05, 4.69) is 15.5 Å². The quantitative estimate of drug-likeness (QED) is 0.889. The highest BCUT2D eigenvalue weighted by Gasteiger charge is 2.38. The van der Waals surface area contributed by atoms with E-state index in [0.29, 0.717) is 31.4 Å². The van der Waals surface area contributed by atoms with Crippen molar-refractivity contribution in [2.45, 2.75) is 44.7 Å². The molecule has 0 bridgehead atoms. The Labute approximate surface area is 151 Å². The lowest BCUT2D eigenvalue weighted by atomic mass is 10.1. The molecular weight excluding hydrogens is 332 g/mol. The van der Waals surface area contributed by atoms with Crippen LogP contribution in [0.15, 0.2) is 35.2 Å². The summed E-state index contributed by atoms with van der Waals surface area (Å²) in [6.45, 7) is 1.01. The molecule has 2 aromatic rings. The molecule has 1 aliphatic heterocycles. The van der Waals surface area contributed by atoms with Crippen LogP contribution in [0.5, 0.6) is 0 Å². The first-order valence-corrected chi connectivity index (χ1v) is 9.13. The number of rotatable bonds is 5. The van der Waals surface area contributed by atoms with Gasteiger partial charge in [0, 0.05) is 31.1 Å². The van der Waals surface area contributed by atoms with Crippen LogP contribution in [0.25, 0.3) is 11.4 Å². The average Bonchev–Trinajstić information content (AvgIpc) is 3.41. The Morgan fingerprint density at radius 1 is 1.23 bits per heavy atom. The Morgan fingerprint density at radius 2 is 2.00 bits per heavy atom. The summed E-state index contributed by atoms with van der Waals surface area (Å²) in [5, 5.41) is 6.76. The van der Waals surface area contributed by atoms with Crippen molar-refractivity contribution in [1.82, 2.24) is 20.4 Å². The Morgan fingerprint density at radius 3 is 2.69 bits per heavy atom. The number of aromatic nitrogens is 2. The largest absolute Gasteiger partial charge is 0.352 e. The third kappa shape index (κ3) is 3.47. The summed E-state index contributed by atoms with van der Waals surface area (Å²) in [6.07, 6.45) is 6.15. The normalized spacial score (nSPS) is 20.7. The van der Waals surface area contributed by atoms with Crippen molar-refractivity contribution < 1.29 is 14.1 Å². The van der Waals surface area contributed by atoms with Gasteiger partial charge in [-0.1, -0.05) is 42.3 Å². The van der Waals surface area contributed by atoms with Crippen molar-refractivity contribution in [2.75, 3.05) is 6.54 Å². The molecule has 1 saturated heterocycles. The number of amides is 2. The molecule has 0 radical (unpaired) electrons. The van der Waals surface area contributed by atoms with Crippen molar-refractivity contribution in [3.8, 4) is 11.4 Å². The maximum atomic E-state index is 12.5. The molecule has 1 N–H and O–H groups in total. The minimum Gasteiger partial charge on any atom is -0.352 e. The SMILES string of the molecule is O=C(NCc1ccc(-c2ncon2)cc1)[C@H]1CC(=O)N(C2CCCC2)C1. The van der Waals surface area contributed by atoms with Crippen molar-refractivity contribution in [3.05, 3.63) is 36.2 Å². The molecule has 1 aromatic carbocycles. The second-order valence-corrected chi connectivity index (χ2v) is 7.05. The van der Waals surface area contributed by atoms with Gasteiger partial charge >= 0.3 is 0 Å². The lowest BCUT2D eigenvalue weighted by Crippen LogP contribution is -2.36. The van der Waals surface area contributed by atoms with Gasteiger partial charge in [-0.05, 0) is 18.4 Å². The van der Waals surface area contributed by atoms with E-state index in [0.717, 1.165) is 24.0 Å². The van der Waals surface area contributed by atoms with Crippen LogP contribution >= 0.6 is 0 Å². The number of nitrogens with zero attached hydrogens (tertiary/aromatic N) is 3. The first kappa shape index (κ1) is 16.8. The molecule has 2 aliphatic rings. The van der Waals surface area contributed by atoms with Crippen LogP contribution in [0.2, 0.25) is 0 Å². The Bertz CT molecular complexity index is 767. The summed E-state index contributed by atoms with van der Waals surface area (Å²) in [6, 6.07) is 7.99. The van der Waals surface area contributed by atoms with E-state index in [1.165, 1.54) is 19.2 Å². The molecule has 1 aliphatic carbocycles. The van der Waals surface area contributed by atoms with Gasteiger partial charge in [0.25, 0.3) is 0 Å². The van der Waals surface area contributed by atoms with Crippen LogP contribution in [0.4, 0.5) is 0 Å². The Hall–Kier alpha value is -2.70. The molecule has 1 atom stereocenters. The Balaban J connectivity index is 1.30. The number of hydrogen-bond acceptors (Lipinski definition) is 5. The highest BCUT2D eigenvalue weighted by Crippen LogP contribution is 2.29. The van der Waals surface area contributed by atoms with E-state index in [1.807, 2.05) is 29.2 Å². The molecule has 1 saturated carbocycles. The molecule has 0 unspecified atom stereocenters. The predicted octanol–water partition coefficient (Wildman–Crippen LogP) is 2.14. The number of nitrogens with one attached hydrogen (secondary N) is 1. The standard InChI is InChI=1S/C19H22N4O3/c24-17-9-15(11-23(17)16-3-1-2-4-16)19(25)20-10-13-5-7-14(8-6-13)18-21-12-26-22-18/h5-8,12,15-16H,1-4,9-11H2,(H,20,25)/t15-/m0/s1. The minimum absolute atomic E-state index is 0.0407. The van der Waals surface area contributed by atoms with Gasteiger partial charge in [0.2, 0.25) is 24.0 Å². The third-order valence-electron chi connectivity index (χ3n) is 5.33. The zero-order valence-electron chi connectivity index (χ0n) is 14.6. The second-order valence-electron chi connectivity index (χ2n) is 7.05. The van der Waals surface area contributed by atoms with Crippen molar-refractivity contribution >= 4 is 11.8 Å². The van der Waals surface area contributed by atoms with Gasteiger partial charge in [0.1, 0.15) is 0 Å². The van der Waals surface area contributed by atoms with Crippen LogP contribution in [0, 0.1) is 5.92 Å². The van der Waals surface area contributed by atoms with Crippen molar-refractivity contribution in [3.63, 3.8) is 0 Å².